The number of carboxylic acid groups (broad SMARTS) is 1. The van der Waals surface area contributed by atoms with Crippen molar-refractivity contribution in [1.82, 2.24) is 14.8 Å². The number of aliphatic carboxylic acids is 1. The van der Waals surface area contributed by atoms with E-state index in [9.17, 15) is 4.79 Å². The number of hydrogen-bond donors (Lipinski definition) is 2. The number of nitrogens with one attached hydrogen (secondary N) is 1. The van der Waals surface area contributed by atoms with E-state index in [-0.39, 0.29) is 11.7 Å². The Bertz CT molecular complexity index is 731. The van der Waals surface area contributed by atoms with Crippen LogP contribution in [0.2, 0.25) is 0 Å². The molecule has 6 nitrogen and oxygen atoms in total. The third kappa shape index (κ3) is 2.69. The van der Waals surface area contributed by atoms with E-state index in [1.165, 1.54) is 0 Å². The summed E-state index contributed by atoms with van der Waals surface area (Å²) in [5.74, 6) is 0.0192. The number of rotatable bonds is 3. The molecular weight excluding hydrogens is 268 g/mol. The fraction of sp³-hybridized carbons (Fsp3) is 0.133. The van der Waals surface area contributed by atoms with Gasteiger partial charge in [0, 0.05) is 0 Å². The molecule has 0 aliphatic carbocycles. The monoisotopic (exact) mass is 282 g/mol. The number of benzene rings is 1. The largest absolute Gasteiger partial charge is 0.477 e. The molecular formula is C15H14N4O2. The molecule has 0 spiro atoms. The van der Waals surface area contributed by atoms with Crippen LogP contribution in [0.1, 0.15) is 17.4 Å². The molecule has 0 saturated heterocycles. The standard InChI is InChI=1S/C15H14N4O2/c1-10-16-15-17-13(14(20)21)9-12(19(15)18-10)8-7-11-5-3-2-4-6-11/h2-9,12H,1H3,(H,20,21)(H,16,17,18)/b8-7+. The molecule has 21 heavy (non-hydrogen) atoms. The lowest BCUT2D eigenvalue weighted by atomic mass is 10.1. The molecule has 0 radical (unpaired) electrons. The van der Waals surface area contributed by atoms with Gasteiger partial charge in [-0.1, -0.05) is 42.5 Å². The SMILES string of the molecule is Cc1nc2n(n1)C(/C=C/c1ccccc1)C=C(C(=O)O)N2. The van der Waals surface area contributed by atoms with Crippen molar-refractivity contribution >= 4 is 18.0 Å². The number of anilines is 1. The van der Waals surface area contributed by atoms with Gasteiger partial charge >= 0.3 is 5.97 Å². The average molecular weight is 282 g/mol. The van der Waals surface area contributed by atoms with E-state index in [2.05, 4.69) is 15.4 Å². The number of fused-ring (bicyclic) bond motifs is 1. The van der Waals surface area contributed by atoms with Crippen molar-refractivity contribution in [1.29, 1.82) is 0 Å². The van der Waals surface area contributed by atoms with Gasteiger partial charge in [-0.25, -0.2) is 9.48 Å². The first-order chi connectivity index (χ1) is 10.1. The van der Waals surface area contributed by atoms with Crippen molar-refractivity contribution < 1.29 is 9.90 Å². The van der Waals surface area contributed by atoms with Crippen LogP contribution >= 0.6 is 0 Å². The second-order valence-corrected chi connectivity index (χ2v) is 4.70. The first-order valence-corrected chi connectivity index (χ1v) is 6.52. The highest BCUT2D eigenvalue weighted by atomic mass is 16.4. The fourth-order valence-electron chi connectivity index (χ4n) is 2.16. The Morgan fingerprint density at radius 3 is 2.86 bits per heavy atom. The number of nitrogens with zero attached hydrogens (tertiary/aromatic N) is 3. The van der Waals surface area contributed by atoms with Crippen LogP contribution in [0.15, 0.2) is 48.2 Å². The van der Waals surface area contributed by atoms with Gasteiger partial charge in [0.15, 0.2) is 0 Å². The van der Waals surface area contributed by atoms with Crippen molar-refractivity contribution in [3.05, 3.63) is 59.6 Å². The molecule has 106 valence electrons. The number of allylic oxidation sites excluding steroid dienone is 2. The Hall–Kier alpha value is -2.89. The minimum Gasteiger partial charge on any atom is -0.477 e. The quantitative estimate of drug-likeness (QED) is 0.902. The van der Waals surface area contributed by atoms with Gasteiger partial charge in [0.2, 0.25) is 5.95 Å². The highest BCUT2D eigenvalue weighted by molar-refractivity contribution is 5.90. The van der Waals surface area contributed by atoms with Crippen molar-refractivity contribution in [2.45, 2.75) is 13.0 Å². The van der Waals surface area contributed by atoms with Crippen molar-refractivity contribution in [2.75, 3.05) is 5.32 Å². The van der Waals surface area contributed by atoms with Crippen LogP contribution in [0.25, 0.3) is 6.08 Å². The minimum atomic E-state index is -1.01. The van der Waals surface area contributed by atoms with Crippen LogP contribution in [-0.2, 0) is 4.79 Å². The predicted molar refractivity (Wildman–Crippen MR) is 78.6 cm³/mol. The maximum absolute atomic E-state index is 11.2. The average Bonchev–Trinajstić information content (AvgIpc) is 2.86. The zero-order chi connectivity index (χ0) is 14.8. The normalized spacial score (nSPS) is 17.2. The second kappa shape index (κ2) is 5.24. The molecule has 1 aromatic heterocycles. The van der Waals surface area contributed by atoms with Crippen molar-refractivity contribution in [2.24, 2.45) is 0 Å². The molecule has 2 heterocycles. The summed E-state index contributed by atoms with van der Waals surface area (Å²) in [4.78, 5) is 15.4. The second-order valence-electron chi connectivity index (χ2n) is 4.70. The maximum Gasteiger partial charge on any atom is 0.352 e. The third-order valence-electron chi connectivity index (χ3n) is 3.12. The van der Waals surface area contributed by atoms with Crippen molar-refractivity contribution in [3.8, 4) is 0 Å². The smallest absolute Gasteiger partial charge is 0.352 e. The van der Waals surface area contributed by atoms with E-state index in [1.807, 2.05) is 42.5 Å². The van der Waals surface area contributed by atoms with Gasteiger partial charge in [-0.2, -0.15) is 10.1 Å². The third-order valence-corrected chi connectivity index (χ3v) is 3.12. The lowest BCUT2D eigenvalue weighted by Gasteiger charge is -2.19. The van der Waals surface area contributed by atoms with Crippen LogP contribution in [-0.4, -0.2) is 25.8 Å². The first-order valence-electron chi connectivity index (χ1n) is 6.52. The highest BCUT2D eigenvalue weighted by Crippen LogP contribution is 2.24. The molecule has 1 aliphatic heterocycles. The lowest BCUT2D eigenvalue weighted by molar-refractivity contribution is -0.132. The van der Waals surface area contributed by atoms with Gasteiger partial charge in [-0.15, -0.1) is 0 Å². The highest BCUT2D eigenvalue weighted by Gasteiger charge is 2.23. The molecule has 2 N–H and O–H groups in total. The Morgan fingerprint density at radius 1 is 1.38 bits per heavy atom. The Balaban J connectivity index is 1.95. The van der Waals surface area contributed by atoms with Gasteiger partial charge in [-0.3, -0.25) is 0 Å². The molecule has 0 saturated carbocycles. The maximum atomic E-state index is 11.2. The fourth-order valence-corrected chi connectivity index (χ4v) is 2.16. The number of aromatic nitrogens is 3. The topological polar surface area (TPSA) is 80.0 Å². The van der Waals surface area contributed by atoms with E-state index in [0.29, 0.717) is 11.8 Å². The Kier molecular flexibility index (Phi) is 3.27. The minimum absolute atomic E-state index is 0.109. The number of carbonyl (C=O) groups is 1. The molecule has 0 amide bonds. The van der Waals surface area contributed by atoms with Gasteiger partial charge in [0.25, 0.3) is 0 Å². The Morgan fingerprint density at radius 2 is 2.14 bits per heavy atom. The van der Waals surface area contributed by atoms with Crippen molar-refractivity contribution in [3.63, 3.8) is 0 Å². The zero-order valence-corrected chi connectivity index (χ0v) is 11.4. The summed E-state index contributed by atoms with van der Waals surface area (Å²) in [5.41, 5.74) is 1.15. The first kappa shape index (κ1) is 13.1. The summed E-state index contributed by atoms with van der Waals surface area (Å²) in [6, 6.07) is 9.52. The molecule has 3 rings (SSSR count). The number of hydrogen-bond acceptors (Lipinski definition) is 4. The molecule has 2 aromatic rings. The van der Waals surface area contributed by atoms with E-state index < -0.39 is 5.97 Å². The van der Waals surface area contributed by atoms with Crippen LogP contribution in [0.4, 0.5) is 5.95 Å². The van der Waals surface area contributed by atoms with E-state index in [4.69, 9.17) is 5.11 Å². The predicted octanol–water partition coefficient (Wildman–Crippen LogP) is 2.24. The van der Waals surface area contributed by atoms with Gasteiger partial charge in [0.05, 0.1) is 6.04 Å². The van der Waals surface area contributed by atoms with Gasteiger partial charge in [0.1, 0.15) is 11.5 Å². The number of carboxylic acids is 1. The van der Waals surface area contributed by atoms with Crippen LogP contribution in [0.5, 0.6) is 0 Å². The van der Waals surface area contributed by atoms with Crippen LogP contribution in [0, 0.1) is 6.92 Å². The van der Waals surface area contributed by atoms with Crippen LogP contribution < -0.4 is 5.32 Å². The molecule has 1 aliphatic rings. The summed E-state index contributed by atoms with van der Waals surface area (Å²) in [6.07, 6.45) is 5.45. The molecule has 6 heteroatoms. The van der Waals surface area contributed by atoms with Crippen LogP contribution in [0.3, 0.4) is 0 Å². The lowest BCUT2D eigenvalue weighted by Crippen LogP contribution is -2.22. The summed E-state index contributed by atoms with van der Waals surface area (Å²) >= 11 is 0. The van der Waals surface area contributed by atoms with Gasteiger partial charge < -0.3 is 10.4 Å². The molecule has 1 aromatic carbocycles. The summed E-state index contributed by atoms with van der Waals surface area (Å²) in [5, 5.41) is 16.2. The molecule has 0 fully saturated rings. The van der Waals surface area contributed by atoms with E-state index in [0.717, 1.165) is 5.56 Å². The Labute approximate surface area is 121 Å². The van der Waals surface area contributed by atoms with Gasteiger partial charge in [-0.05, 0) is 18.6 Å². The zero-order valence-electron chi connectivity index (χ0n) is 11.4. The molecule has 1 unspecified atom stereocenters. The number of aryl methyl sites for hydroxylation is 1. The molecule has 1 atom stereocenters. The summed E-state index contributed by atoms with van der Waals surface area (Å²) in [6.45, 7) is 1.77. The summed E-state index contributed by atoms with van der Waals surface area (Å²) in [7, 11) is 0. The molecule has 0 bridgehead atoms. The van der Waals surface area contributed by atoms with E-state index >= 15 is 0 Å². The van der Waals surface area contributed by atoms with E-state index in [1.54, 1.807) is 17.7 Å². The summed E-state index contributed by atoms with van der Waals surface area (Å²) < 4.78 is 1.67.